The SMILES string of the molecule is CC=Cc1ccc(N(c2ccc(-c3ccccc3)cc2)c2ccc(-n3cccc(-c4ccc5oc6ccccc6c5c4)ccc4cc(-c5cccoc6c(cc5)C=CCC6)ccc43)cc2)cc1. The molecule has 0 N–H and O–H groups in total. The molecule has 11 rings (SSSR count). The lowest BCUT2D eigenvalue weighted by molar-refractivity contribution is 0.493. The molecule has 0 bridgehead atoms. The quantitative estimate of drug-likeness (QED) is 0.153. The van der Waals surface area contributed by atoms with Gasteiger partial charge in [0.05, 0.1) is 11.8 Å². The van der Waals surface area contributed by atoms with Crippen LogP contribution in [0.15, 0.2) is 246 Å². The zero-order chi connectivity index (χ0) is 44.9. The van der Waals surface area contributed by atoms with Crippen molar-refractivity contribution >= 4 is 62.1 Å². The van der Waals surface area contributed by atoms with Crippen molar-refractivity contribution in [1.29, 1.82) is 0 Å². The van der Waals surface area contributed by atoms with Crippen LogP contribution in [-0.4, -0.2) is 4.57 Å². The summed E-state index contributed by atoms with van der Waals surface area (Å²) in [5, 5.41) is 3.30. The van der Waals surface area contributed by atoms with Gasteiger partial charge >= 0.3 is 0 Å². The third-order valence-electron chi connectivity index (χ3n) is 12.6. The molecular formula is C63H48N2O2. The van der Waals surface area contributed by atoms with Crippen LogP contribution in [0.1, 0.15) is 30.2 Å². The van der Waals surface area contributed by atoms with Gasteiger partial charge in [0.15, 0.2) is 0 Å². The highest BCUT2D eigenvalue weighted by atomic mass is 16.3. The van der Waals surface area contributed by atoms with Crippen molar-refractivity contribution in [1.82, 2.24) is 4.57 Å². The summed E-state index contributed by atoms with van der Waals surface area (Å²) in [5.41, 5.74) is 16.2. The predicted octanol–water partition coefficient (Wildman–Crippen LogP) is 17.8. The number of allylic oxidation sites excluding steroid dienone is 2. The molecule has 0 saturated heterocycles. The van der Waals surface area contributed by atoms with E-state index in [9.17, 15) is 0 Å². The summed E-state index contributed by atoms with van der Waals surface area (Å²) in [5.74, 6) is 1.00. The topological polar surface area (TPSA) is 34.5 Å². The number of para-hydroxylation sites is 1. The first-order chi connectivity index (χ1) is 33.1. The number of rotatable bonds is 8. The Morgan fingerprint density at radius 2 is 1.12 bits per heavy atom. The van der Waals surface area contributed by atoms with E-state index in [-0.39, 0.29) is 0 Å². The fourth-order valence-electron chi connectivity index (χ4n) is 9.16. The number of aryl methyl sites for hydroxylation is 1. The molecule has 7 aromatic carbocycles. The van der Waals surface area contributed by atoms with Crippen LogP contribution in [0.5, 0.6) is 0 Å². The van der Waals surface area contributed by atoms with Crippen LogP contribution < -0.4 is 4.90 Å². The first kappa shape index (κ1) is 41.1. The summed E-state index contributed by atoms with van der Waals surface area (Å²) in [6.07, 6.45) is 14.4. The third kappa shape index (κ3) is 8.57. The normalized spacial score (nSPS) is 12.0. The molecular weight excluding hydrogens is 817 g/mol. The molecule has 0 spiro atoms. The van der Waals surface area contributed by atoms with Gasteiger partial charge in [0.25, 0.3) is 0 Å². The van der Waals surface area contributed by atoms with Crippen molar-refractivity contribution in [2.24, 2.45) is 0 Å². The molecule has 1 aliphatic carbocycles. The fourth-order valence-corrected chi connectivity index (χ4v) is 9.16. The molecule has 10 aromatic rings. The van der Waals surface area contributed by atoms with E-state index in [1.54, 1.807) is 6.26 Å². The first-order valence-corrected chi connectivity index (χ1v) is 23.0. The van der Waals surface area contributed by atoms with Gasteiger partial charge in [-0.15, -0.1) is 0 Å². The van der Waals surface area contributed by atoms with Crippen molar-refractivity contribution in [2.75, 3.05) is 4.90 Å². The van der Waals surface area contributed by atoms with Gasteiger partial charge in [-0.25, -0.2) is 0 Å². The Morgan fingerprint density at radius 1 is 0.507 bits per heavy atom. The van der Waals surface area contributed by atoms with E-state index in [0.29, 0.717) is 0 Å². The molecule has 0 amide bonds. The van der Waals surface area contributed by atoms with E-state index < -0.39 is 0 Å². The highest BCUT2D eigenvalue weighted by Gasteiger charge is 2.15. The summed E-state index contributed by atoms with van der Waals surface area (Å²) in [7, 11) is 0. The fraction of sp³-hybridized carbons (Fsp3) is 0.0476. The molecule has 0 atom stereocenters. The van der Waals surface area contributed by atoms with Gasteiger partial charge in [0.1, 0.15) is 16.9 Å². The number of hydrogen-bond donors (Lipinski definition) is 0. The lowest BCUT2D eigenvalue weighted by Gasteiger charge is -2.26. The molecule has 0 fully saturated rings. The van der Waals surface area contributed by atoms with Crippen LogP contribution in [0.3, 0.4) is 0 Å². The minimum absolute atomic E-state index is 0.883. The van der Waals surface area contributed by atoms with E-state index in [0.717, 1.165) is 102 Å². The van der Waals surface area contributed by atoms with Gasteiger partial charge in [0.2, 0.25) is 0 Å². The standard InChI is InChI=1S/C63H48N2O2/c1-2-12-45-21-31-55(32-22-45)65(56-33-27-49(28-34-56)46-13-4-3-5-14-46)57-37-35-54(36-38-57)64-41-10-16-47(52-30-40-63-59(44-52)58-18-7-9-20-62(58)67-63)24-26-53-43-51(29-39-60(53)64)48-17-11-42-66-61-19-8-6-15-50(61)25-23-48/h2-7,9-18,20-44H,8,19H2,1H3. The van der Waals surface area contributed by atoms with Gasteiger partial charge in [0, 0.05) is 51.7 Å². The molecule has 0 aliphatic heterocycles. The molecule has 1 aliphatic rings. The number of hydrogen-bond acceptors (Lipinski definition) is 3. The monoisotopic (exact) mass is 864 g/mol. The van der Waals surface area contributed by atoms with Crippen molar-refractivity contribution in [3.8, 4) is 39.1 Å². The maximum Gasteiger partial charge on any atom is 0.135 e. The minimum atomic E-state index is 0.883. The maximum absolute atomic E-state index is 6.21. The van der Waals surface area contributed by atoms with Crippen molar-refractivity contribution < 1.29 is 8.83 Å². The zero-order valence-electron chi connectivity index (χ0n) is 37.3. The van der Waals surface area contributed by atoms with Gasteiger partial charge in [-0.2, -0.15) is 0 Å². The van der Waals surface area contributed by atoms with Crippen LogP contribution in [0, 0.1) is 0 Å². The van der Waals surface area contributed by atoms with Crippen LogP contribution >= 0.6 is 0 Å². The van der Waals surface area contributed by atoms with Crippen molar-refractivity contribution in [3.05, 3.63) is 254 Å². The highest BCUT2D eigenvalue weighted by molar-refractivity contribution is 6.06. The number of anilines is 3. The van der Waals surface area contributed by atoms with Gasteiger partial charge in [-0.3, -0.25) is 0 Å². The van der Waals surface area contributed by atoms with Gasteiger partial charge in [-0.05, 0) is 149 Å². The second-order valence-corrected chi connectivity index (χ2v) is 16.8. The van der Waals surface area contributed by atoms with Crippen LogP contribution in [0.4, 0.5) is 17.1 Å². The Bertz CT molecular complexity index is 3570. The summed E-state index contributed by atoms with van der Waals surface area (Å²) >= 11 is 0. The van der Waals surface area contributed by atoms with Gasteiger partial charge < -0.3 is 18.3 Å². The van der Waals surface area contributed by atoms with Crippen LogP contribution in [-0.2, 0) is 6.42 Å². The minimum Gasteiger partial charge on any atom is -0.469 e. The van der Waals surface area contributed by atoms with Crippen LogP contribution in [0.2, 0.25) is 0 Å². The molecule has 4 nitrogen and oxygen atoms in total. The average molecular weight is 865 g/mol. The molecule has 3 heterocycles. The molecule has 3 aromatic heterocycles. The van der Waals surface area contributed by atoms with E-state index in [2.05, 4.69) is 241 Å². The second-order valence-electron chi connectivity index (χ2n) is 16.8. The molecule has 0 unspecified atom stereocenters. The molecule has 0 saturated carbocycles. The van der Waals surface area contributed by atoms with Crippen molar-refractivity contribution in [2.45, 2.75) is 19.8 Å². The van der Waals surface area contributed by atoms with E-state index in [4.69, 9.17) is 8.83 Å². The predicted molar refractivity (Wildman–Crippen MR) is 281 cm³/mol. The Kier molecular flexibility index (Phi) is 11.3. The molecule has 322 valence electrons. The summed E-state index contributed by atoms with van der Waals surface area (Å²) in [6, 6.07) is 75.8. The van der Waals surface area contributed by atoms with E-state index >= 15 is 0 Å². The Balaban J connectivity index is 1.04. The molecule has 67 heavy (non-hydrogen) atoms. The first-order valence-electron chi connectivity index (χ1n) is 23.0. The lowest BCUT2D eigenvalue weighted by Crippen LogP contribution is -2.10. The second kappa shape index (κ2) is 18.5. The highest BCUT2D eigenvalue weighted by Crippen LogP contribution is 2.38. The number of furan rings is 1. The average Bonchev–Trinajstić information content (AvgIpc) is 3.83. The maximum atomic E-state index is 6.21. The summed E-state index contributed by atoms with van der Waals surface area (Å²) in [6.45, 7) is 2.05. The smallest absolute Gasteiger partial charge is 0.135 e. The largest absolute Gasteiger partial charge is 0.469 e. The van der Waals surface area contributed by atoms with E-state index in [1.807, 2.05) is 18.2 Å². The number of benzene rings is 7. The molecule has 0 radical (unpaired) electrons. The lowest BCUT2D eigenvalue weighted by atomic mass is 10.0. The van der Waals surface area contributed by atoms with Gasteiger partial charge in [-0.1, -0.05) is 146 Å². The third-order valence-corrected chi connectivity index (χ3v) is 12.6. The van der Waals surface area contributed by atoms with E-state index in [1.165, 1.54) is 16.7 Å². The van der Waals surface area contributed by atoms with Crippen LogP contribution in [0.25, 0.3) is 84.1 Å². The zero-order valence-corrected chi connectivity index (χ0v) is 37.3. The number of aromatic nitrogens is 1. The molecule has 4 heteroatoms. The number of nitrogens with zero attached hydrogens (tertiary/aromatic N) is 2. The summed E-state index contributed by atoms with van der Waals surface area (Å²) < 4.78 is 14.6. The Morgan fingerprint density at radius 3 is 1.93 bits per heavy atom. The Hall–Kier alpha value is -8.60. The van der Waals surface area contributed by atoms with Crippen molar-refractivity contribution in [3.63, 3.8) is 0 Å². The number of fused-ring (bicyclic) bond motifs is 5. The summed E-state index contributed by atoms with van der Waals surface area (Å²) in [4.78, 5) is 2.32. The Labute approximate surface area is 391 Å².